The predicted molar refractivity (Wildman–Crippen MR) is 110 cm³/mol. The number of rotatable bonds is 8. The molecule has 30 heavy (non-hydrogen) atoms. The molecule has 156 valence electrons. The molecular weight excluding hydrogens is 388 g/mol. The maximum absolute atomic E-state index is 14.6. The summed E-state index contributed by atoms with van der Waals surface area (Å²) in [6.45, 7) is 3.95. The van der Waals surface area contributed by atoms with Gasteiger partial charge in [0.05, 0.1) is 5.56 Å². The summed E-state index contributed by atoms with van der Waals surface area (Å²) in [7, 11) is 0. The van der Waals surface area contributed by atoms with E-state index < -0.39 is 23.4 Å². The second-order valence-corrected chi connectivity index (χ2v) is 7.01. The second kappa shape index (κ2) is 10.0. The molecule has 0 N–H and O–H groups in total. The van der Waals surface area contributed by atoms with E-state index in [2.05, 4.69) is 21.9 Å². The Kier molecular flexibility index (Phi) is 7.17. The maximum Gasteiger partial charge on any atom is 0.311 e. The van der Waals surface area contributed by atoms with E-state index in [0.717, 1.165) is 30.5 Å². The fourth-order valence-corrected chi connectivity index (χ4v) is 2.91. The molecule has 5 nitrogen and oxygen atoms in total. The molecule has 2 heterocycles. The first kappa shape index (κ1) is 21.5. The summed E-state index contributed by atoms with van der Waals surface area (Å²) in [5.41, 5.74) is 2.31. The van der Waals surface area contributed by atoms with Crippen LogP contribution in [-0.2, 0) is 4.79 Å². The van der Waals surface area contributed by atoms with Crippen LogP contribution < -0.4 is 4.74 Å². The molecular formula is C23H23F2N3O2. The highest BCUT2D eigenvalue weighted by Crippen LogP contribution is 2.29. The van der Waals surface area contributed by atoms with E-state index in [-0.39, 0.29) is 17.8 Å². The van der Waals surface area contributed by atoms with E-state index in [0.29, 0.717) is 12.0 Å². The SMILES string of the molecule is CCCCCCC(=O)Oc1ccc(-c2ncc(-c3ccc(C)nc3)cn2)c(F)c1F. The lowest BCUT2D eigenvalue weighted by molar-refractivity contribution is -0.134. The number of carbonyl (C=O) groups excluding carboxylic acids is 1. The molecule has 2 aromatic heterocycles. The molecule has 1 aromatic carbocycles. The van der Waals surface area contributed by atoms with Crippen molar-refractivity contribution in [3.63, 3.8) is 0 Å². The molecule has 0 radical (unpaired) electrons. The first-order chi connectivity index (χ1) is 14.5. The molecule has 0 spiro atoms. The van der Waals surface area contributed by atoms with E-state index in [9.17, 15) is 13.6 Å². The molecule has 0 saturated carbocycles. The van der Waals surface area contributed by atoms with Gasteiger partial charge in [-0.05, 0) is 31.5 Å². The van der Waals surface area contributed by atoms with E-state index in [1.165, 1.54) is 24.5 Å². The zero-order valence-corrected chi connectivity index (χ0v) is 17.0. The van der Waals surface area contributed by atoms with Gasteiger partial charge in [0, 0.05) is 41.8 Å². The van der Waals surface area contributed by atoms with Gasteiger partial charge < -0.3 is 4.74 Å². The number of hydrogen-bond donors (Lipinski definition) is 0. The Morgan fingerprint density at radius 1 is 0.900 bits per heavy atom. The average Bonchev–Trinajstić information content (AvgIpc) is 2.75. The molecule has 3 aromatic rings. The van der Waals surface area contributed by atoms with E-state index in [1.54, 1.807) is 6.20 Å². The topological polar surface area (TPSA) is 65.0 Å². The van der Waals surface area contributed by atoms with Crippen LogP contribution >= 0.6 is 0 Å². The molecule has 0 aliphatic heterocycles. The number of pyridine rings is 1. The van der Waals surface area contributed by atoms with Gasteiger partial charge in [0.25, 0.3) is 0 Å². The number of benzene rings is 1. The molecule has 0 aliphatic rings. The van der Waals surface area contributed by atoms with Crippen molar-refractivity contribution in [2.75, 3.05) is 0 Å². The summed E-state index contributed by atoms with van der Waals surface area (Å²) in [4.78, 5) is 24.4. The largest absolute Gasteiger partial charge is 0.423 e. The van der Waals surface area contributed by atoms with Crippen LogP contribution in [0.25, 0.3) is 22.5 Å². The maximum atomic E-state index is 14.6. The van der Waals surface area contributed by atoms with Crippen molar-refractivity contribution in [3.8, 4) is 28.3 Å². The summed E-state index contributed by atoms with van der Waals surface area (Å²) < 4.78 is 34.0. The first-order valence-electron chi connectivity index (χ1n) is 9.93. The third-order valence-corrected chi connectivity index (χ3v) is 4.64. The lowest BCUT2D eigenvalue weighted by Gasteiger charge is -2.09. The van der Waals surface area contributed by atoms with Crippen LogP contribution in [0, 0.1) is 18.6 Å². The van der Waals surface area contributed by atoms with Gasteiger partial charge in [-0.15, -0.1) is 0 Å². The molecule has 0 unspecified atom stereocenters. The normalized spacial score (nSPS) is 10.8. The fourth-order valence-electron chi connectivity index (χ4n) is 2.91. The van der Waals surface area contributed by atoms with Crippen molar-refractivity contribution in [2.24, 2.45) is 0 Å². The molecule has 0 fully saturated rings. The van der Waals surface area contributed by atoms with Crippen molar-refractivity contribution in [1.29, 1.82) is 0 Å². The Bertz CT molecular complexity index is 1010. The summed E-state index contributed by atoms with van der Waals surface area (Å²) in [5, 5.41) is 0. The Morgan fingerprint density at radius 3 is 2.30 bits per heavy atom. The van der Waals surface area contributed by atoms with Crippen LogP contribution in [0.15, 0.2) is 42.9 Å². The lowest BCUT2D eigenvalue weighted by Crippen LogP contribution is -2.09. The van der Waals surface area contributed by atoms with Gasteiger partial charge in [0.15, 0.2) is 17.4 Å². The number of halogens is 2. The zero-order chi connectivity index (χ0) is 21.5. The summed E-state index contributed by atoms with van der Waals surface area (Å²) in [6.07, 6.45) is 8.53. The van der Waals surface area contributed by atoms with Crippen LogP contribution in [0.2, 0.25) is 0 Å². The standard InChI is InChI=1S/C23H23F2N3O2/c1-3-4-5-6-7-20(29)30-19-11-10-18(21(24)22(19)25)23-27-13-17(14-28-23)16-9-8-15(2)26-12-16/h8-14H,3-7H2,1-2H3. The Hall–Kier alpha value is -3.22. The second-order valence-electron chi connectivity index (χ2n) is 7.01. The van der Waals surface area contributed by atoms with Gasteiger partial charge in [-0.1, -0.05) is 32.3 Å². The first-order valence-corrected chi connectivity index (χ1v) is 9.93. The van der Waals surface area contributed by atoms with Gasteiger partial charge in [0.2, 0.25) is 5.82 Å². The van der Waals surface area contributed by atoms with Crippen LogP contribution in [0.1, 0.15) is 44.7 Å². The smallest absolute Gasteiger partial charge is 0.311 e. The summed E-state index contributed by atoms with van der Waals surface area (Å²) >= 11 is 0. The number of hydrogen-bond acceptors (Lipinski definition) is 5. The lowest BCUT2D eigenvalue weighted by atomic mass is 10.1. The Balaban J connectivity index is 1.73. The highest BCUT2D eigenvalue weighted by atomic mass is 19.2. The molecule has 0 amide bonds. The van der Waals surface area contributed by atoms with Crippen LogP contribution in [0.4, 0.5) is 8.78 Å². The summed E-state index contributed by atoms with van der Waals surface area (Å²) in [6, 6.07) is 6.27. The zero-order valence-electron chi connectivity index (χ0n) is 17.0. The van der Waals surface area contributed by atoms with Crippen molar-refractivity contribution >= 4 is 5.97 Å². The third kappa shape index (κ3) is 5.23. The number of nitrogens with zero attached hydrogens (tertiary/aromatic N) is 3. The van der Waals surface area contributed by atoms with Gasteiger partial charge in [-0.25, -0.2) is 14.4 Å². The minimum absolute atomic E-state index is 0.0349. The number of aryl methyl sites for hydroxylation is 1. The van der Waals surface area contributed by atoms with E-state index in [4.69, 9.17) is 4.74 Å². The number of aromatic nitrogens is 3. The van der Waals surface area contributed by atoms with E-state index >= 15 is 0 Å². The monoisotopic (exact) mass is 411 g/mol. The number of ether oxygens (including phenoxy) is 1. The Morgan fingerprint density at radius 2 is 1.63 bits per heavy atom. The van der Waals surface area contributed by atoms with Gasteiger partial charge in [-0.3, -0.25) is 9.78 Å². The van der Waals surface area contributed by atoms with Gasteiger partial charge in [0.1, 0.15) is 0 Å². The predicted octanol–water partition coefficient (Wildman–Crippen LogP) is 5.67. The van der Waals surface area contributed by atoms with Crippen molar-refractivity contribution < 1.29 is 18.3 Å². The Labute approximate surface area is 174 Å². The van der Waals surface area contributed by atoms with Crippen LogP contribution in [0.5, 0.6) is 5.75 Å². The van der Waals surface area contributed by atoms with Crippen molar-refractivity contribution in [2.45, 2.75) is 46.0 Å². The van der Waals surface area contributed by atoms with Crippen LogP contribution in [0.3, 0.4) is 0 Å². The number of carbonyl (C=O) groups is 1. The minimum Gasteiger partial charge on any atom is -0.423 e. The minimum atomic E-state index is -1.23. The van der Waals surface area contributed by atoms with Crippen molar-refractivity contribution in [3.05, 3.63) is 60.2 Å². The highest BCUT2D eigenvalue weighted by molar-refractivity contribution is 5.73. The summed E-state index contributed by atoms with van der Waals surface area (Å²) in [5.74, 6) is -3.36. The molecule has 0 saturated heterocycles. The molecule has 7 heteroatoms. The molecule has 3 rings (SSSR count). The van der Waals surface area contributed by atoms with Gasteiger partial charge in [-0.2, -0.15) is 4.39 Å². The van der Waals surface area contributed by atoms with Gasteiger partial charge >= 0.3 is 5.97 Å². The van der Waals surface area contributed by atoms with E-state index in [1.807, 2.05) is 19.1 Å². The number of unbranched alkanes of at least 4 members (excludes halogenated alkanes) is 3. The highest BCUT2D eigenvalue weighted by Gasteiger charge is 2.19. The average molecular weight is 411 g/mol. The third-order valence-electron chi connectivity index (χ3n) is 4.64. The fraction of sp³-hybridized carbons (Fsp3) is 0.304. The molecule has 0 aliphatic carbocycles. The van der Waals surface area contributed by atoms with Crippen molar-refractivity contribution in [1.82, 2.24) is 15.0 Å². The number of esters is 1. The molecule has 0 atom stereocenters. The quantitative estimate of drug-likeness (QED) is 0.272. The molecule has 0 bridgehead atoms. The van der Waals surface area contributed by atoms with Crippen LogP contribution in [-0.4, -0.2) is 20.9 Å².